The molecule has 0 unspecified atom stereocenters. The van der Waals surface area contributed by atoms with Crippen LogP contribution >= 0.6 is 0 Å². The van der Waals surface area contributed by atoms with E-state index in [1.165, 1.54) is 12.1 Å². The van der Waals surface area contributed by atoms with E-state index < -0.39 is 10.0 Å². The van der Waals surface area contributed by atoms with Gasteiger partial charge < -0.3 is 15.8 Å². The Kier molecular flexibility index (Phi) is 7.46. The number of amides is 1. The number of ether oxygens (including phenoxy) is 1. The van der Waals surface area contributed by atoms with Gasteiger partial charge in [-0.25, -0.2) is 13.1 Å². The third-order valence-electron chi connectivity index (χ3n) is 2.64. The van der Waals surface area contributed by atoms with Crippen LogP contribution in [0.1, 0.15) is 20.3 Å². The zero-order valence-corrected chi connectivity index (χ0v) is 13.7. The lowest BCUT2D eigenvalue weighted by molar-refractivity contribution is -0.117. The summed E-state index contributed by atoms with van der Waals surface area (Å²) >= 11 is 0. The van der Waals surface area contributed by atoms with E-state index in [2.05, 4.69) is 10.0 Å². The van der Waals surface area contributed by atoms with Crippen LogP contribution in [0.2, 0.25) is 0 Å². The molecule has 0 atom stereocenters. The molecule has 22 heavy (non-hydrogen) atoms. The van der Waals surface area contributed by atoms with Gasteiger partial charge in [0.05, 0.1) is 24.0 Å². The Bertz CT molecular complexity index is 588. The molecule has 0 aliphatic heterocycles. The zero-order chi connectivity index (χ0) is 16.6. The lowest BCUT2D eigenvalue weighted by Crippen LogP contribution is -2.29. The van der Waals surface area contributed by atoms with E-state index >= 15 is 0 Å². The molecule has 0 fully saturated rings. The Labute approximate surface area is 131 Å². The predicted molar refractivity (Wildman–Crippen MR) is 85.0 cm³/mol. The zero-order valence-electron chi connectivity index (χ0n) is 12.8. The SMILES string of the molecule is CC(C)OCCC(=O)Nc1cccc(S(=O)(=O)NCCN)c1. The van der Waals surface area contributed by atoms with Crippen LogP contribution < -0.4 is 15.8 Å². The molecule has 124 valence electrons. The molecule has 7 nitrogen and oxygen atoms in total. The van der Waals surface area contributed by atoms with E-state index in [1.807, 2.05) is 13.8 Å². The van der Waals surface area contributed by atoms with Crippen molar-refractivity contribution in [1.29, 1.82) is 0 Å². The van der Waals surface area contributed by atoms with Gasteiger partial charge in [-0.1, -0.05) is 6.07 Å². The third-order valence-corrected chi connectivity index (χ3v) is 4.10. The van der Waals surface area contributed by atoms with Crippen LogP contribution in [0.25, 0.3) is 0 Å². The summed E-state index contributed by atoms with van der Waals surface area (Å²) in [5, 5.41) is 2.65. The first-order valence-electron chi connectivity index (χ1n) is 7.06. The van der Waals surface area contributed by atoms with Gasteiger partial charge in [-0.2, -0.15) is 0 Å². The van der Waals surface area contributed by atoms with Crippen LogP contribution in [0.15, 0.2) is 29.2 Å². The summed E-state index contributed by atoms with van der Waals surface area (Å²) in [6, 6.07) is 6.05. The van der Waals surface area contributed by atoms with Crippen LogP contribution in [-0.4, -0.2) is 40.1 Å². The Balaban J connectivity index is 2.66. The van der Waals surface area contributed by atoms with E-state index in [0.717, 1.165) is 0 Å². The normalized spacial score (nSPS) is 11.6. The van der Waals surface area contributed by atoms with Gasteiger partial charge in [0, 0.05) is 18.8 Å². The van der Waals surface area contributed by atoms with E-state index in [4.69, 9.17) is 10.5 Å². The summed E-state index contributed by atoms with van der Waals surface area (Å²) in [5.41, 5.74) is 5.70. The second-order valence-electron chi connectivity index (χ2n) is 4.93. The van der Waals surface area contributed by atoms with Crippen LogP contribution in [0, 0.1) is 0 Å². The first kappa shape index (κ1) is 18.6. The van der Waals surface area contributed by atoms with Crippen molar-refractivity contribution in [2.24, 2.45) is 5.73 Å². The van der Waals surface area contributed by atoms with E-state index in [0.29, 0.717) is 12.3 Å². The fourth-order valence-corrected chi connectivity index (χ4v) is 2.72. The maximum atomic E-state index is 12.0. The van der Waals surface area contributed by atoms with Crippen molar-refractivity contribution in [3.63, 3.8) is 0 Å². The van der Waals surface area contributed by atoms with E-state index in [-0.39, 0.29) is 36.4 Å². The average molecular weight is 329 g/mol. The third kappa shape index (κ3) is 6.52. The van der Waals surface area contributed by atoms with Gasteiger partial charge in [0.1, 0.15) is 0 Å². The average Bonchev–Trinajstić information content (AvgIpc) is 2.45. The first-order chi connectivity index (χ1) is 10.3. The summed E-state index contributed by atoms with van der Waals surface area (Å²) in [6.45, 7) is 4.47. The van der Waals surface area contributed by atoms with Crippen molar-refractivity contribution in [3.05, 3.63) is 24.3 Å². The standard InChI is InChI=1S/C14H23N3O4S/c1-11(2)21-9-6-14(18)17-12-4-3-5-13(10-12)22(19,20)16-8-7-15/h3-5,10-11,16H,6-9,15H2,1-2H3,(H,17,18). The lowest BCUT2D eigenvalue weighted by Gasteiger charge is -2.10. The van der Waals surface area contributed by atoms with Crippen molar-refractivity contribution in [1.82, 2.24) is 4.72 Å². The van der Waals surface area contributed by atoms with Crippen molar-refractivity contribution >= 4 is 21.6 Å². The van der Waals surface area contributed by atoms with Crippen molar-refractivity contribution in [2.75, 3.05) is 25.0 Å². The minimum atomic E-state index is -3.61. The summed E-state index contributed by atoms with van der Waals surface area (Å²) in [5.74, 6) is -0.231. The number of carbonyl (C=O) groups excluding carboxylic acids is 1. The topological polar surface area (TPSA) is 111 Å². The highest BCUT2D eigenvalue weighted by atomic mass is 32.2. The Hall–Kier alpha value is -1.48. The van der Waals surface area contributed by atoms with Crippen molar-refractivity contribution in [3.8, 4) is 0 Å². The molecule has 8 heteroatoms. The molecule has 1 aromatic carbocycles. The molecule has 1 rings (SSSR count). The van der Waals surface area contributed by atoms with Crippen LogP contribution in [0.4, 0.5) is 5.69 Å². The van der Waals surface area contributed by atoms with Gasteiger partial charge in [-0.3, -0.25) is 4.79 Å². The van der Waals surface area contributed by atoms with Gasteiger partial charge in [-0.05, 0) is 32.0 Å². The number of sulfonamides is 1. The summed E-state index contributed by atoms with van der Waals surface area (Å²) in [4.78, 5) is 11.8. The molecule has 0 aliphatic carbocycles. The number of nitrogens with two attached hydrogens (primary N) is 1. The Morgan fingerprint density at radius 2 is 2.09 bits per heavy atom. The monoisotopic (exact) mass is 329 g/mol. The number of benzene rings is 1. The summed E-state index contributed by atoms with van der Waals surface area (Å²) in [7, 11) is -3.61. The number of rotatable bonds is 9. The molecule has 0 radical (unpaired) electrons. The minimum Gasteiger partial charge on any atom is -0.378 e. The molecular formula is C14H23N3O4S. The van der Waals surface area contributed by atoms with E-state index in [9.17, 15) is 13.2 Å². The maximum absolute atomic E-state index is 12.0. The summed E-state index contributed by atoms with van der Waals surface area (Å²) < 4.78 is 31.6. The highest BCUT2D eigenvalue weighted by Gasteiger charge is 2.14. The number of nitrogens with one attached hydrogen (secondary N) is 2. The largest absolute Gasteiger partial charge is 0.378 e. The molecule has 0 aromatic heterocycles. The van der Waals surface area contributed by atoms with Crippen molar-refractivity contribution in [2.45, 2.75) is 31.3 Å². The molecule has 0 saturated carbocycles. The fraction of sp³-hybridized carbons (Fsp3) is 0.500. The lowest BCUT2D eigenvalue weighted by atomic mass is 10.3. The highest BCUT2D eigenvalue weighted by molar-refractivity contribution is 7.89. The number of carbonyl (C=O) groups is 1. The van der Waals surface area contributed by atoms with Gasteiger partial charge in [-0.15, -0.1) is 0 Å². The molecule has 0 spiro atoms. The molecule has 0 heterocycles. The molecule has 1 aromatic rings. The minimum absolute atomic E-state index is 0.0647. The van der Waals surface area contributed by atoms with Gasteiger partial charge >= 0.3 is 0 Å². The maximum Gasteiger partial charge on any atom is 0.240 e. The molecule has 0 saturated heterocycles. The van der Waals surface area contributed by atoms with Gasteiger partial charge in [0.2, 0.25) is 15.9 Å². The second-order valence-corrected chi connectivity index (χ2v) is 6.70. The van der Waals surface area contributed by atoms with Crippen LogP contribution in [0.3, 0.4) is 0 Å². The molecule has 4 N–H and O–H groups in total. The smallest absolute Gasteiger partial charge is 0.240 e. The first-order valence-corrected chi connectivity index (χ1v) is 8.54. The predicted octanol–water partition coefficient (Wildman–Crippen LogP) is 0.677. The van der Waals surface area contributed by atoms with Gasteiger partial charge in [0.25, 0.3) is 0 Å². The number of hydrogen-bond acceptors (Lipinski definition) is 5. The quantitative estimate of drug-likeness (QED) is 0.617. The second kappa shape index (κ2) is 8.84. The number of anilines is 1. The Morgan fingerprint density at radius 1 is 1.36 bits per heavy atom. The van der Waals surface area contributed by atoms with Crippen molar-refractivity contribution < 1.29 is 17.9 Å². The van der Waals surface area contributed by atoms with Crippen LogP contribution in [-0.2, 0) is 19.6 Å². The highest BCUT2D eigenvalue weighted by Crippen LogP contribution is 2.15. The van der Waals surface area contributed by atoms with Gasteiger partial charge in [0.15, 0.2) is 0 Å². The summed E-state index contributed by atoms with van der Waals surface area (Å²) in [6.07, 6.45) is 0.274. The fourth-order valence-electron chi connectivity index (χ4n) is 1.63. The molecule has 1 amide bonds. The number of hydrogen-bond donors (Lipinski definition) is 3. The van der Waals surface area contributed by atoms with E-state index in [1.54, 1.807) is 12.1 Å². The molecular weight excluding hydrogens is 306 g/mol. The Morgan fingerprint density at radius 3 is 2.73 bits per heavy atom. The molecule has 0 bridgehead atoms. The molecule has 0 aliphatic rings. The van der Waals surface area contributed by atoms with Crippen LogP contribution in [0.5, 0.6) is 0 Å².